The van der Waals surface area contributed by atoms with Gasteiger partial charge in [0.1, 0.15) is 5.75 Å². The zero-order valence-corrected chi connectivity index (χ0v) is 12.7. The lowest BCUT2D eigenvalue weighted by Gasteiger charge is -2.11. The van der Waals surface area contributed by atoms with Crippen LogP contribution in [0.1, 0.15) is 15.9 Å². The molecule has 2 aromatic rings. The van der Waals surface area contributed by atoms with E-state index in [4.69, 9.17) is 31.1 Å². The number of rotatable bonds is 4. The van der Waals surface area contributed by atoms with Crippen molar-refractivity contribution in [1.29, 1.82) is 5.26 Å². The van der Waals surface area contributed by atoms with E-state index in [1.54, 1.807) is 24.3 Å². The minimum absolute atomic E-state index is 0.0657. The smallest absolute Gasteiger partial charge is 0.343 e. The van der Waals surface area contributed by atoms with Crippen molar-refractivity contribution in [2.75, 3.05) is 14.2 Å². The van der Waals surface area contributed by atoms with Gasteiger partial charge in [0.2, 0.25) is 0 Å². The zero-order valence-electron chi connectivity index (χ0n) is 11.9. The van der Waals surface area contributed by atoms with E-state index in [2.05, 4.69) is 0 Å². The Kier molecular flexibility index (Phi) is 4.87. The molecule has 22 heavy (non-hydrogen) atoms. The number of ether oxygens (including phenoxy) is 3. The molecule has 0 heterocycles. The summed E-state index contributed by atoms with van der Waals surface area (Å²) in [7, 11) is 2.90. The number of hydrogen-bond acceptors (Lipinski definition) is 5. The second kappa shape index (κ2) is 6.83. The number of halogens is 1. The predicted molar refractivity (Wildman–Crippen MR) is 80.7 cm³/mol. The third kappa shape index (κ3) is 3.30. The van der Waals surface area contributed by atoms with E-state index in [0.29, 0.717) is 16.9 Å². The lowest BCUT2D eigenvalue weighted by Crippen LogP contribution is -2.10. The Morgan fingerprint density at radius 2 is 1.95 bits per heavy atom. The third-order valence-electron chi connectivity index (χ3n) is 2.86. The van der Waals surface area contributed by atoms with E-state index >= 15 is 0 Å². The van der Waals surface area contributed by atoms with Crippen molar-refractivity contribution in [3.8, 4) is 23.3 Å². The van der Waals surface area contributed by atoms with Crippen molar-refractivity contribution in [3.63, 3.8) is 0 Å². The van der Waals surface area contributed by atoms with Gasteiger partial charge in [0, 0.05) is 6.07 Å². The molecule has 0 radical (unpaired) electrons. The van der Waals surface area contributed by atoms with Gasteiger partial charge in [-0.3, -0.25) is 0 Å². The molecule has 2 aromatic carbocycles. The van der Waals surface area contributed by atoms with Crippen LogP contribution in [0.25, 0.3) is 0 Å². The van der Waals surface area contributed by atoms with Gasteiger partial charge in [-0.25, -0.2) is 4.79 Å². The van der Waals surface area contributed by atoms with Crippen LogP contribution in [0, 0.1) is 11.3 Å². The number of carbonyl (C=O) groups excluding carboxylic acids is 1. The second-order valence-electron chi connectivity index (χ2n) is 4.22. The summed E-state index contributed by atoms with van der Waals surface area (Å²) in [5.41, 5.74) is 0.616. The van der Waals surface area contributed by atoms with Gasteiger partial charge >= 0.3 is 5.97 Å². The first-order valence-corrected chi connectivity index (χ1v) is 6.60. The van der Waals surface area contributed by atoms with Gasteiger partial charge in [-0.2, -0.15) is 5.26 Å². The molecular weight excluding hydrogens is 306 g/mol. The summed E-state index contributed by atoms with van der Waals surface area (Å²) in [4.78, 5) is 12.2. The molecule has 2 rings (SSSR count). The highest BCUT2D eigenvalue weighted by atomic mass is 35.5. The standard InChI is InChI=1S/C16H12ClNO4/c1-20-12-5-3-4-11(8-12)16(19)22-15-13(17)6-10(9-18)7-14(15)21-2/h3-8H,1-2H3. The minimum Gasteiger partial charge on any atom is -0.497 e. The molecule has 6 heteroatoms. The summed E-state index contributed by atoms with van der Waals surface area (Å²) in [6, 6.07) is 11.3. The fourth-order valence-electron chi connectivity index (χ4n) is 1.79. The van der Waals surface area contributed by atoms with Gasteiger partial charge in [-0.05, 0) is 24.3 Å². The highest BCUT2D eigenvalue weighted by Crippen LogP contribution is 2.36. The van der Waals surface area contributed by atoms with Gasteiger partial charge in [-0.1, -0.05) is 17.7 Å². The number of hydrogen-bond donors (Lipinski definition) is 0. The minimum atomic E-state index is -0.608. The van der Waals surface area contributed by atoms with Crippen LogP contribution >= 0.6 is 11.6 Å². The van der Waals surface area contributed by atoms with Crippen molar-refractivity contribution >= 4 is 17.6 Å². The summed E-state index contributed by atoms with van der Waals surface area (Å²) < 4.78 is 15.5. The van der Waals surface area contributed by atoms with Crippen LogP contribution in [0.2, 0.25) is 5.02 Å². The van der Waals surface area contributed by atoms with Crippen molar-refractivity contribution in [2.45, 2.75) is 0 Å². The summed E-state index contributed by atoms with van der Waals surface area (Å²) in [5.74, 6) is 0.201. The van der Waals surface area contributed by atoms with Gasteiger partial charge in [-0.15, -0.1) is 0 Å². The molecule has 0 atom stereocenters. The Labute approximate surface area is 132 Å². The lowest BCUT2D eigenvalue weighted by molar-refractivity contribution is 0.0729. The molecule has 0 aliphatic heterocycles. The molecule has 0 amide bonds. The van der Waals surface area contributed by atoms with Crippen LogP contribution in [0.15, 0.2) is 36.4 Å². The monoisotopic (exact) mass is 317 g/mol. The zero-order chi connectivity index (χ0) is 16.1. The molecule has 0 aromatic heterocycles. The Balaban J connectivity index is 2.34. The van der Waals surface area contributed by atoms with Crippen molar-refractivity contribution in [3.05, 3.63) is 52.5 Å². The van der Waals surface area contributed by atoms with Crippen molar-refractivity contribution in [1.82, 2.24) is 0 Å². The first-order chi connectivity index (χ1) is 10.6. The predicted octanol–water partition coefficient (Wildman–Crippen LogP) is 3.45. The Morgan fingerprint density at radius 3 is 2.59 bits per heavy atom. The SMILES string of the molecule is COc1cccc(C(=O)Oc2c(Cl)cc(C#N)cc2OC)c1. The Hall–Kier alpha value is -2.71. The molecule has 112 valence electrons. The normalized spacial score (nSPS) is 9.73. The van der Waals surface area contributed by atoms with E-state index < -0.39 is 5.97 Å². The quantitative estimate of drug-likeness (QED) is 0.638. The summed E-state index contributed by atoms with van der Waals surface area (Å²) in [6.45, 7) is 0. The number of esters is 1. The fourth-order valence-corrected chi connectivity index (χ4v) is 2.03. The first-order valence-electron chi connectivity index (χ1n) is 6.23. The summed E-state index contributed by atoms with van der Waals surface area (Å²) in [6.07, 6.45) is 0. The summed E-state index contributed by atoms with van der Waals surface area (Å²) in [5, 5.41) is 9.02. The molecule has 0 unspecified atom stereocenters. The van der Waals surface area contributed by atoms with Crippen LogP contribution < -0.4 is 14.2 Å². The van der Waals surface area contributed by atoms with Gasteiger partial charge < -0.3 is 14.2 Å². The highest BCUT2D eigenvalue weighted by molar-refractivity contribution is 6.32. The molecule has 0 bridgehead atoms. The first kappa shape index (κ1) is 15.7. The van der Waals surface area contributed by atoms with Crippen molar-refractivity contribution < 1.29 is 19.0 Å². The molecule has 5 nitrogen and oxygen atoms in total. The number of carbonyl (C=O) groups is 1. The maximum Gasteiger partial charge on any atom is 0.343 e. The van der Waals surface area contributed by atoms with Crippen LogP contribution in [-0.4, -0.2) is 20.2 Å². The van der Waals surface area contributed by atoms with Crippen molar-refractivity contribution in [2.24, 2.45) is 0 Å². The number of nitrogens with zero attached hydrogens (tertiary/aromatic N) is 1. The maximum absolute atomic E-state index is 12.2. The number of nitriles is 1. The maximum atomic E-state index is 12.2. The molecule has 0 spiro atoms. The Bertz CT molecular complexity index is 752. The fraction of sp³-hybridized carbons (Fsp3) is 0.125. The average molecular weight is 318 g/mol. The topological polar surface area (TPSA) is 68.5 Å². The molecule has 0 N–H and O–H groups in total. The average Bonchev–Trinajstić information content (AvgIpc) is 2.56. The summed E-state index contributed by atoms with van der Waals surface area (Å²) >= 11 is 6.05. The van der Waals surface area contributed by atoms with Crippen LogP contribution in [0.4, 0.5) is 0 Å². The molecule has 0 saturated heterocycles. The molecule has 0 aliphatic carbocycles. The highest BCUT2D eigenvalue weighted by Gasteiger charge is 2.17. The third-order valence-corrected chi connectivity index (χ3v) is 3.14. The molecule has 0 fully saturated rings. The van der Waals surface area contributed by atoms with Crippen LogP contribution in [-0.2, 0) is 0 Å². The number of methoxy groups -OCH3 is 2. The van der Waals surface area contributed by atoms with E-state index in [1.165, 1.54) is 26.4 Å². The van der Waals surface area contributed by atoms with E-state index in [-0.39, 0.29) is 16.5 Å². The second-order valence-corrected chi connectivity index (χ2v) is 4.63. The van der Waals surface area contributed by atoms with Gasteiger partial charge in [0.15, 0.2) is 11.5 Å². The van der Waals surface area contributed by atoms with Gasteiger partial charge in [0.05, 0.1) is 36.4 Å². The van der Waals surface area contributed by atoms with E-state index in [0.717, 1.165) is 0 Å². The molecule has 0 saturated carbocycles. The lowest BCUT2D eigenvalue weighted by atomic mass is 10.2. The van der Waals surface area contributed by atoms with Crippen LogP contribution in [0.3, 0.4) is 0 Å². The largest absolute Gasteiger partial charge is 0.497 e. The van der Waals surface area contributed by atoms with E-state index in [1.807, 2.05) is 6.07 Å². The molecule has 0 aliphatic rings. The number of benzene rings is 2. The van der Waals surface area contributed by atoms with Crippen LogP contribution in [0.5, 0.6) is 17.2 Å². The van der Waals surface area contributed by atoms with Gasteiger partial charge in [0.25, 0.3) is 0 Å². The molecular formula is C16H12ClNO4. The Morgan fingerprint density at radius 1 is 1.18 bits per heavy atom. The van der Waals surface area contributed by atoms with E-state index in [9.17, 15) is 4.79 Å².